The number of rotatable bonds is 2. The minimum atomic E-state index is 0.176. The highest BCUT2D eigenvalue weighted by molar-refractivity contribution is 5.74. The van der Waals surface area contributed by atoms with E-state index in [9.17, 15) is 0 Å². The van der Waals surface area contributed by atoms with Crippen LogP contribution in [0.3, 0.4) is 0 Å². The van der Waals surface area contributed by atoms with Gasteiger partial charge in [-0.25, -0.2) is 0 Å². The van der Waals surface area contributed by atoms with Gasteiger partial charge in [-0.2, -0.15) is 5.26 Å². The van der Waals surface area contributed by atoms with Gasteiger partial charge in [-0.05, 0) is 17.0 Å². The van der Waals surface area contributed by atoms with E-state index in [1.165, 1.54) is 11.8 Å². The number of hydrogen-bond donors (Lipinski definition) is 1. The van der Waals surface area contributed by atoms with E-state index in [-0.39, 0.29) is 5.88 Å². The number of hydrogen-bond acceptors (Lipinski definition) is 3. The molecule has 2 rings (SSSR count). The normalized spacial score (nSPS) is 10.5. The summed E-state index contributed by atoms with van der Waals surface area (Å²) < 4.78 is 5.07. The van der Waals surface area contributed by atoms with Crippen molar-refractivity contribution in [3.05, 3.63) is 41.7 Å². The van der Waals surface area contributed by atoms with Crippen molar-refractivity contribution in [2.75, 3.05) is 5.73 Å². The summed E-state index contributed by atoms with van der Waals surface area (Å²) in [5.74, 6) is 0.671. The van der Waals surface area contributed by atoms with Crippen LogP contribution in [-0.4, -0.2) is 0 Å². The van der Waals surface area contributed by atoms with E-state index < -0.39 is 0 Å². The van der Waals surface area contributed by atoms with Crippen LogP contribution in [0.5, 0.6) is 0 Å². The predicted molar refractivity (Wildman–Crippen MR) is 67.4 cm³/mol. The average molecular weight is 226 g/mol. The van der Waals surface area contributed by atoms with Gasteiger partial charge < -0.3 is 10.2 Å². The Kier molecular flexibility index (Phi) is 2.88. The van der Waals surface area contributed by atoms with Crippen LogP contribution in [0, 0.1) is 11.3 Å². The van der Waals surface area contributed by atoms with Gasteiger partial charge in [0.1, 0.15) is 17.9 Å². The second kappa shape index (κ2) is 4.34. The summed E-state index contributed by atoms with van der Waals surface area (Å²) in [6.45, 7) is 4.29. The van der Waals surface area contributed by atoms with Crippen molar-refractivity contribution in [1.29, 1.82) is 5.26 Å². The Labute approximate surface area is 100 Å². The summed E-state index contributed by atoms with van der Waals surface area (Å²) in [5.41, 5.74) is 8.95. The number of benzene rings is 1. The van der Waals surface area contributed by atoms with Gasteiger partial charge in [-0.15, -0.1) is 0 Å². The van der Waals surface area contributed by atoms with E-state index in [1.54, 1.807) is 0 Å². The van der Waals surface area contributed by atoms with Gasteiger partial charge >= 0.3 is 0 Å². The topological polar surface area (TPSA) is 62.9 Å². The van der Waals surface area contributed by atoms with E-state index >= 15 is 0 Å². The molecule has 2 aromatic rings. The first-order valence-corrected chi connectivity index (χ1v) is 5.51. The first-order chi connectivity index (χ1) is 8.13. The van der Waals surface area contributed by atoms with Gasteiger partial charge in [0.15, 0.2) is 0 Å². The fourth-order valence-corrected chi connectivity index (χ4v) is 1.75. The van der Waals surface area contributed by atoms with Crippen LogP contribution < -0.4 is 5.73 Å². The number of anilines is 1. The third-order valence-corrected chi connectivity index (χ3v) is 2.82. The largest absolute Gasteiger partial charge is 0.447 e. The molecule has 0 fully saturated rings. The van der Waals surface area contributed by atoms with Crippen molar-refractivity contribution in [3.63, 3.8) is 0 Å². The molecule has 3 heteroatoms. The van der Waals surface area contributed by atoms with Crippen LogP contribution in [0.4, 0.5) is 5.88 Å². The third-order valence-electron chi connectivity index (χ3n) is 2.82. The molecule has 0 bridgehead atoms. The van der Waals surface area contributed by atoms with E-state index in [1.807, 2.05) is 12.1 Å². The minimum Gasteiger partial charge on any atom is -0.447 e. The lowest BCUT2D eigenvalue weighted by Gasteiger charge is -2.05. The molecule has 0 saturated heterocycles. The van der Waals surface area contributed by atoms with E-state index in [0.29, 0.717) is 11.5 Å². The fourth-order valence-electron chi connectivity index (χ4n) is 1.75. The Morgan fingerprint density at radius 1 is 1.24 bits per heavy atom. The molecule has 1 heterocycles. The molecule has 0 atom stereocenters. The van der Waals surface area contributed by atoms with Gasteiger partial charge in [-0.3, -0.25) is 0 Å². The smallest absolute Gasteiger partial charge is 0.208 e. The first-order valence-electron chi connectivity index (χ1n) is 5.51. The van der Waals surface area contributed by atoms with Crippen molar-refractivity contribution in [3.8, 4) is 17.2 Å². The summed E-state index contributed by atoms with van der Waals surface area (Å²) in [6, 6.07) is 10.2. The van der Waals surface area contributed by atoms with Crippen LogP contribution in [0.1, 0.15) is 30.9 Å². The van der Waals surface area contributed by atoms with Gasteiger partial charge in [0, 0.05) is 5.56 Å². The molecular formula is C14H14N2O. The summed E-state index contributed by atoms with van der Waals surface area (Å²) in [7, 11) is 0. The Bertz CT molecular complexity index is 559. The molecule has 1 aromatic carbocycles. The predicted octanol–water partition coefficient (Wildman–Crippen LogP) is 3.52. The summed E-state index contributed by atoms with van der Waals surface area (Å²) in [6.07, 6.45) is 1.53. The van der Waals surface area contributed by atoms with Crippen molar-refractivity contribution >= 4 is 5.88 Å². The van der Waals surface area contributed by atoms with E-state index in [0.717, 1.165) is 11.1 Å². The Balaban J connectivity index is 2.44. The molecule has 0 unspecified atom stereocenters. The van der Waals surface area contributed by atoms with Crippen molar-refractivity contribution < 1.29 is 4.42 Å². The first kappa shape index (κ1) is 11.3. The summed E-state index contributed by atoms with van der Waals surface area (Å²) in [4.78, 5) is 0. The van der Waals surface area contributed by atoms with Gasteiger partial charge in [-0.1, -0.05) is 38.1 Å². The standard InChI is InChI=1S/C14H14N2O/c1-9(2)10-3-5-11(6-4-10)13-8-17-14(16)12(13)7-15/h3-6,8-9H,16H2,1-2H3. The highest BCUT2D eigenvalue weighted by atomic mass is 16.3. The van der Waals surface area contributed by atoms with E-state index in [4.69, 9.17) is 15.4 Å². The maximum Gasteiger partial charge on any atom is 0.208 e. The van der Waals surface area contributed by atoms with E-state index in [2.05, 4.69) is 32.0 Å². The average Bonchev–Trinajstić information content (AvgIpc) is 2.70. The third kappa shape index (κ3) is 2.02. The zero-order valence-electron chi connectivity index (χ0n) is 9.90. The molecule has 0 saturated carbocycles. The lowest BCUT2D eigenvalue weighted by Crippen LogP contribution is -1.88. The SMILES string of the molecule is CC(C)c1ccc(-c2coc(N)c2C#N)cc1. The van der Waals surface area contributed by atoms with Gasteiger partial charge in [0.25, 0.3) is 0 Å². The van der Waals surface area contributed by atoms with Crippen molar-refractivity contribution in [2.45, 2.75) is 19.8 Å². The molecule has 0 spiro atoms. The Hall–Kier alpha value is -2.21. The molecule has 3 nitrogen and oxygen atoms in total. The van der Waals surface area contributed by atoms with Crippen LogP contribution in [-0.2, 0) is 0 Å². The Morgan fingerprint density at radius 2 is 1.88 bits per heavy atom. The van der Waals surface area contributed by atoms with Gasteiger partial charge in [0.2, 0.25) is 5.88 Å². The number of nitrogens with two attached hydrogens (primary N) is 1. The second-order valence-electron chi connectivity index (χ2n) is 4.28. The number of nitrogen functional groups attached to an aromatic ring is 1. The second-order valence-corrected chi connectivity index (χ2v) is 4.28. The van der Waals surface area contributed by atoms with Crippen LogP contribution in [0.2, 0.25) is 0 Å². The highest BCUT2D eigenvalue weighted by Crippen LogP contribution is 2.30. The van der Waals surface area contributed by atoms with Crippen LogP contribution in [0.15, 0.2) is 34.9 Å². The van der Waals surface area contributed by atoms with Crippen molar-refractivity contribution in [2.24, 2.45) is 0 Å². The zero-order chi connectivity index (χ0) is 12.4. The molecule has 86 valence electrons. The molecule has 0 amide bonds. The molecular weight excluding hydrogens is 212 g/mol. The molecule has 0 aliphatic rings. The number of furan rings is 1. The monoisotopic (exact) mass is 226 g/mol. The molecule has 0 aliphatic carbocycles. The summed E-state index contributed by atoms with van der Waals surface area (Å²) >= 11 is 0. The van der Waals surface area contributed by atoms with Crippen LogP contribution >= 0.6 is 0 Å². The quantitative estimate of drug-likeness (QED) is 0.852. The number of nitrogens with zero attached hydrogens (tertiary/aromatic N) is 1. The molecule has 0 radical (unpaired) electrons. The lowest BCUT2D eigenvalue weighted by molar-refractivity contribution is 0.588. The molecule has 2 N–H and O–H groups in total. The molecule has 1 aromatic heterocycles. The fraction of sp³-hybridized carbons (Fsp3) is 0.214. The molecule has 0 aliphatic heterocycles. The number of nitriles is 1. The lowest BCUT2D eigenvalue weighted by atomic mass is 9.98. The maximum absolute atomic E-state index is 9.00. The molecule has 17 heavy (non-hydrogen) atoms. The van der Waals surface area contributed by atoms with Crippen molar-refractivity contribution in [1.82, 2.24) is 0 Å². The minimum absolute atomic E-state index is 0.176. The zero-order valence-corrected chi connectivity index (χ0v) is 9.90. The van der Waals surface area contributed by atoms with Gasteiger partial charge in [0.05, 0.1) is 0 Å². The highest BCUT2D eigenvalue weighted by Gasteiger charge is 2.12. The maximum atomic E-state index is 9.00. The summed E-state index contributed by atoms with van der Waals surface area (Å²) in [5, 5.41) is 9.00. The Morgan fingerprint density at radius 3 is 2.41 bits per heavy atom. The van der Waals surface area contributed by atoms with Crippen LogP contribution in [0.25, 0.3) is 11.1 Å².